The van der Waals surface area contributed by atoms with Gasteiger partial charge in [-0.2, -0.15) is 0 Å². The lowest BCUT2D eigenvalue weighted by Crippen LogP contribution is -1.84. The smallest absolute Gasteiger partial charge is 0.227 e. The highest BCUT2D eigenvalue weighted by Crippen LogP contribution is 2.29. The minimum absolute atomic E-state index is 0.223. The third-order valence-corrected chi connectivity index (χ3v) is 4.92. The summed E-state index contributed by atoms with van der Waals surface area (Å²) in [7, 11) is 0. The minimum Gasteiger partial charge on any atom is -0.506 e. The number of aromatic hydroxyl groups is 1. The normalized spacial score (nSPS) is 11.5. The Balaban J connectivity index is 1.67. The number of fused-ring (bicyclic) bond motifs is 1. The monoisotopic (exact) mass is 474 g/mol. The summed E-state index contributed by atoms with van der Waals surface area (Å²) in [6, 6.07) is 18.4. The molecule has 0 aliphatic carbocycles. The highest BCUT2D eigenvalue weighted by molar-refractivity contribution is 14.1. The largest absolute Gasteiger partial charge is 0.506 e. The zero-order chi connectivity index (χ0) is 18.1. The summed E-state index contributed by atoms with van der Waals surface area (Å²) in [6.45, 7) is 0. The highest BCUT2D eigenvalue weighted by Gasteiger charge is 2.09. The maximum absolute atomic E-state index is 10.1. The van der Waals surface area contributed by atoms with Crippen molar-refractivity contribution >= 4 is 57.2 Å². The van der Waals surface area contributed by atoms with Gasteiger partial charge in [-0.25, -0.2) is 4.98 Å². The molecule has 0 aliphatic heterocycles. The lowest BCUT2D eigenvalue weighted by molar-refractivity contribution is 0.470. The molecule has 0 saturated carbocycles. The van der Waals surface area contributed by atoms with E-state index in [1.807, 2.05) is 54.6 Å². The molecule has 128 valence electrons. The topological polar surface area (TPSA) is 58.6 Å². The first kappa shape index (κ1) is 17.1. The summed E-state index contributed by atoms with van der Waals surface area (Å²) in [5.74, 6) is 0.736. The fourth-order valence-corrected chi connectivity index (χ4v) is 3.23. The molecule has 0 fully saturated rings. The van der Waals surface area contributed by atoms with Crippen LogP contribution in [0.5, 0.6) is 5.75 Å². The van der Waals surface area contributed by atoms with E-state index in [1.54, 1.807) is 12.3 Å². The van der Waals surface area contributed by atoms with Gasteiger partial charge in [-0.05, 0) is 65.1 Å². The van der Waals surface area contributed by atoms with Crippen LogP contribution in [0.15, 0.2) is 70.1 Å². The zero-order valence-electron chi connectivity index (χ0n) is 13.4. The first-order chi connectivity index (χ1) is 12.6. The van der Waals surface area contributed by atoms with Crippen LogP contribution in [-0.2, 0) is 0 Å². The van der Waals surface area contributed by atoms with Gasteiger partial charge in [0, 0.05) is 28.4 Å². The lowest BCUT2D eigenvalue weighted by atomic mass is 10.2. The van der Waals surface area contributed by atoms with Crippen molar-refractivity contribution in [2.24, 2.45) is 4.99 Å². The average Bonchev–Trinajstić information content (AvgIpc) is 3.06. The first-order valence-electron chi connectivity index (χ1n) is 7.78. The van der Waals surface area contributed by atoms with Gasteiger partial charge in [0.05, 0.1) is 9.26 Å². The van der Waals surface area contributed by atoms with E-state index in [2.05, 4.69) is 32.6 Å². The molecule has 0 bridgehead atoms. The Labute approximate surface area is 168 Å². The maximum atomic E-state index is 10.1. The van der Waals surface area contributed by atoms with Gasteiger partial charge < -0.3 is 9.52 Å². The molecule has 0 amide bonds. The zero-order valence-corrected chi connectivity index (χ0v) is 16.3. The third-order valence-electron chi connectivity index (χ3n) is 3.81. The predicted octanol–water partition coefficient (Wildman–Crippen LogP) is 6.21. The molecule has 4 rings (SSSR count). The van der Waals surface area contributed by atoms with E-state index in [9.17, 15) is 5.11 Å². The van der Waals surface area contributed by atoms with Gasteiger partial charge in [-0.3, -0.25) is 4.99 Å². The quantitative estimate of drug-likeness (QED) is 0.284. The molecule has 0 radical (unpaired) electrons. The summed E-state index contributed by atoms with van der Waals surface area (Å²) in [6.07, 6.45) is 1.63. The molecule has 0 atom stereocenters. The Morgan fingerprint density at radius 1 is 1.08 bits per heavy atom. The lowest BCUT2D eigenvalue weighted by Gasteiger charge is -2.00. The number of aliphatic imine (C=N–C) groups is 1. The van der Waals surface area contributed by atoms with Gasteiger partial charge >= 0.3 is 0 Å². The maximum Gasteiger partial charge on any atom is 0.227 e. The van der Waals surface area contributed by atoms with E-state index < -0.39 is 0 Å². The van der Waals surface area contributed by atoms with Crippen molar-refractivity contribution in [3.63, 3.8) is 0 Å². The van der Waals surface area contributed by atoms with Crippen molar-refractivity contribution in [3.05, 3.63) is 74.8 Å². The SMILES string of the molecule is Oc1c(I)cccc1C=Nc1ccc2nc(-c3cccc(Cl)c3)oc2c1. The number of phenols is 1. The van der Waals surface area contributed by atoms with Crippen molar-refractivity contribution in [2.45, 2.75) is 0 Å². The number of hydrogen-bond acceptors (Lipinski definition) is 4. The van der Waals surface area contributed by atoms with E-state index >= 15 is 0 Å². The van der Waals surface area contributed by atoms with Crippen molar-refractivity contribution < 1.29 is 9.52 Å². The van der Waals surface area contributed by atoms with Crippen LogP contribution in [0.2, 0.25) is 5.02 Å². The molecule has 0 unspecified atom stereocenters. The van der Waals surface area contributed by atoms with Gasteiger partial charge in [0.15, 0.2) is 5.58 Å². The van der Waals surface area contributed by atoms with E-state index in [1.165, 1.54) is 0 Å². The van der Waals surface area contributed by atoms with Crippen LogP contribution in [-0.4, -0.2) is 16.3 Å². The van der Waals surface area contributed by atoms with Gasteiger partial charge in [0.2, 0.25) is 5.89 Å². The van der Waals surface area contributed by atoms with Crippen LogP contribution in [0.4, 0.5) is 5.69 Å². The molecule has 1 heterocycles. The summed E-state index contributed by atoms with van der Waals surface area (Å²) < 4.78 is 6.63. The summed E-state index contributed by atoms with van der Waals surface area (Å²) in [5, 5.41) is 10.7. The van der Waals surface area contributed by atoms with Gasteiger partial charge in [-0.15, -0.1) is 0 Å². The molecule has 6 heteroatoms. The average molecular weight is 475 g/mol. The number of oxazole rings is 1. The summed E-state index contributed by atoms with van der Waals surface area (Å²) in [5.41, 5.74) is 3.58. The molecule has 0 aliphatic rings. The van der Waals surface area contributed by atoms with E-state index in [4.69, 9.17) is 16.0 Å². The number of aromatic nitrogens is 1. The fraction of sp³-hybridized carbons (Fsp3) is 0. The minimum atomic E-state index is 0.223. The number of hydrogen-bond donors (Lipinski definition) is 1. The standard InChI is InChI=1S/C20H12ClIN2O2/c21-14-5-1-3-12(9-14)20-24-17-8-7-15(10-18(17)26-20)23-11-13-4-2-6-16(22)19(13)25/h1-11,25H. The molecular formula is C20H12ClIN2O2. The second kappa shape index (κ2) is 7.09. The van der Waals surface area contributed by atoms with Gasteiger partial charge in [-0.1, -0.05) is 23.7 Å². The number of benzene rings is 3. The molecular weight excluding hydrogens is 463 g/mol. The number of phenolic OH excluding ortho intramolecular Hbond substituents is 1. The van der Waals surface area contributed by atoms with E-state index in [0.29, 0.717) is 27.7 Å². The number of nitrogens with zero attached hydrogens (tertiary/aromatic N) is 2. The number of para-hydroxylation sites is 1. The Hall–Kier alpha value is -2.38. The Morgan fingerprint density at radius 2 is 1.92 bits per heavy atom. The van der Waals surface area contributed by atoms with Crippen LogP contribution in [0.25, 0.3) is 22.6 Å². The van der Waals surface area contributed by atoms with Crippen LogP contribution >= 0.6 is 34.2 Å². The second-order valence-corrected chi connectivity index (χ2v) is 7.22. The van der Waals surface area contributed by atoms with Crippen molar-refractivity contribution in [1.82, 2.24) is 4.98 Å². The molecule has 3 aromatic carbocycles. The second-order valence-electron chi connectivity index (χ2n) is 5.62. The predicted molar refractivity (Wildman–Crippen MR) is 113 cm³/mol. The van der Waals surface area contributed by atoms with Crippen molar-refractivity contribution in [2.75, 3.05) is 0 Å². The van der Waals surface area contributed by atoms with Gasteiger partial charge in [0.25, 0.3) is 0 Å². The van der Waals surface area contributed by atoms with Crippen LogP contribution in [0.1, 0.15) is 5.56 Å². The highest BCUT2D eigenvalue weighted by atomic mass is 127. The van der Waals surface area contributed by atoms with E-state index in [-0.39, 0.29) is 5.75 Å². The molecule has 4 nitrogen and oxygen atoms in total. The third kappa shape index (κ3) is 3.45. The Kier molecular flexibility index (Phi) is 4.65. The van der Waals surface area contributed by atoms with Crippen molar-refractivity contribution in [3.8, 4) is 17.2 Å². The summed E-state index contributed by atoms with van der Waals surface area (Å²) in [4.78, 5) is 8.92. The van der Waals surface area contributed by atoms with Gasteiger partial charge in [0.1, 0.15) is 11.3 Å². The Morgan fingerprint density at radius 3 is 2.77 bits per heavy atom. The molecule has 0 saturated heterocycles. The van der Waals surface area contributed by atoms with Crippen LogP contribution in [0.3, 0.4) is 0 Å². The van der Waals surface area contributed by atoms with Crippen LogP contribution < -0.4 is 0 Å². The molecule has 1 N–H and O–H groups in total. The molecule has 26 heavy (non-hydrogen) atoms. The molecule has 1 aromatic heterocycles. The Bertz CT molecular complexity index is 1140. The fourth-order valence-electron chi connectivity index (χ4n) is 2.52. The number of halogens is 2. The van der Waals surface area contributed by atoms with Crippen LogP contribution in [0, 0.1) is 3.57 Å². The summed E-state index contributed by atoms with van der Waals surface area (Å²) >= 11 is 8.11. The molecule has 0 spiro atoms. The van der Waals surface area contributed by atoms with Crippen molar-refractivity contribution in [1.29, 1.82) is 0 Å². The first-order valence-corrected chi connectivity index (χ1v) is 9.24. The number of rotatable bonds is 3. The molecule has 4 aromatic rings. The van der Waals surface area contributed by atoms with E-state index in [0.717, 1.165) is 14.7 Å².